The molecule has 0 atom stereocenters. The van der Waals surface area contributed by atoms with Crippen LogP contribution in [0.3, 0.4) is 0 Å². The Hall–Kier alpha value is -3.25. The summed E-state index contributed by atoms with van der Waals surface area (Å²) in [6, 6.07) is 9.73. The molecule has 6 nitrogen and oxygen atoms in total. The Morgan fingerprint density at radius 3 is 2.52 bits per heavy atom. The fourth-order valence-corrected chi connectivity index (χ4v) is 3.34. The van der Waals surface area contributed by atoms with E-state index < -0.39 is 15.8 Å². The fourth-order valence-electron chi connectivity index (χ4n) is 2.72. The van der Waals surface area contributed by atoms with Gasteiger partial charge in [-0.15, -0.1) is 0 Å². The van der Waals surface area contributed by atoms with Crippen LogP contribution in [0.4, 0.5) is 4.39 Å². The van der Waals surface area contributed by atoms with Crippen LogP contribution < -0.4 is 5.14 Å². The summed E-state index contributed by atoms with van der Waals surface area (Å²) < 4.78 is 39.0. The molecule has 3 heterocycles. The summed E-state index contributed by atoms with van der Waals surface area (Å²) in [7, 11) is -3.88. The van der Waals surface area contributed by atoms with E-state index in [-0.39, 0.29) is 10.5 Å². The zero-order valence-electron chi connectivity index (χ0n) is 14.7. The van der Waals surface area contributed by atoms with Gasteiger partial charge in [0, 0.05) is 34.7 Å². The minimum Gasteiger partial charge on any atom is -0.290 e. The molecular weight excluding hydrogens is 415 g/mol. The van der Waals surface area contributed by atoms with E-state index in [4.69, 9.17) is 16.7 Å². The van der Waals surface area contributed by atoms with Crippen molar-refractivity contribution in [2.75, 3.05) is 0 Å². The number of halogens is 2. The Balaban J connectivity index is 1.78. The van der Waals surface area contributed by atoms with E-state index in [9.17, 15) is 12.8 Å². The summed E-state index contributed by atoms with van der Waals surface area (Å²) in [6.45, 7) is 0. The van der Waals surface area contributed by atoms with Crippen LogP contribution in [-0.4, -0.2) is 22.8 Å². The van der Waals surface area contributed by atoms with E-state index in [1.165, 1.54) is 28.9 Å². The number of hydrogen-bond donors (Lipinski definition) is 1. The van der Waals surface area contributed by atoms with Crippen molar-refractivity contribution < 1.29 is 12.8 Å². The lowest BCUT2D eigenvalue weighted by molar-refractivity contribution is 0.597. The number of fused-ring (bicyclic) bond motifs is 1. The fraction of sp³-hybridized carbons (Fsp3) is 0. The van der Waals surface area contributed by atoms with Gasteiger partial charge in [0.2, 0.25) is 10.0 Å². The van der Waals surface area contributed by atoms with E-state index in [0.29, 0.717) is 21.8 Å². The van der Waals surface area contributed by atoms with Gasteiger partial charge in [-0.25, -0.2) is 22.9 Å². The van der Waals surface area contributed by atoms with Crippen molar-refractivity contribution in [3.63, 3.8) is 0 Å². The van der Waals surface area contributed by atoms with Crippen LogP contribution in [0.15, 0.2) is 66.1 Å². The van der Waals surface area contributed by atoms with Crippen molar-refractivity contribution >= 4 is 27.3 Å². The normalized spacial score (nSPS) is 11.3. The van der Waals surface area contributed by atoms with Crippen LogP contribution in [0.2, 0.25) is 5.02 Å². The number of nitrogens with zero attached hydrogens (tertiary/aromatic N) is 3. The van der Waals surface area contributed by atoms with Gasteiger partial charge in [0.25, 0.3) is 0 Å². The number of aromatic nitrogens is 3. The van der Waals surface area contributed by atoms with Crippen LogP contribution in [0, 0.1) is 17.7 Å². The molecule has 29 heavy (non-hydrogen) atoms. The molecule has 0 unspecified atom stereocenters. The Kier molecular flexibility index (Phi) is 4.80. The number of sulfonamides is 1. The average molecular weight is 427 g/mol. The maximum absolute atomic E-state index is 14.5. The van der Waals surface area contributed by atoms with E-state index in [1.54, 1.807) is 30.5 Å². The summed E-state index contributed by atoms with van der Waals surface area (Å²) in [5.74, 6) is 5.17. The van der Waals surface area contributed by atoms with Crippen LogP contribution in [0.5, 0.6) is 0 Å². The summed E-state index contributed by atoms with van der Waals surface area (Å²) in [4.78, 5) is 7.76. The van der Waals surface area contributed by atoms with E-state index in [1.807, 2.05) is 0 Å². The van der Waals surface area contributed by atoms with Gasteiger partial charge in [-0.05, 0) is 35.7 Å². The van der Waals surface area contributed by atoms with Crippen LogP contribution in [0.25, 0.3) is 16.8 Å². The Morgan fingerprint density at radius 2 is 1.79 bits per heavy atom. The van der Waals surface area contributed by atoms with Gasteiger partial charge in [-0.3, -0.25) is 9.38 Å². The van der Waals surface area contributed by atoms with E-state index >= 15 is 0 Å². The minimum atomic E-state index is -3.88. The topological polar surface area (TPSA) is 90.4 Å². The largest absolute Gasteiger partial charge is 0.290 e. The Bertz CT molecular complexity index is 1400. The quantitative estimate of drug-likeness (QED) is 0.498. The first-order chi connectivity index (χ1) is 13.8. The number of primary sulfonamides is 1. The summed E-state index contributed by atoms with van der Waals surface area (Å²) in [5.41, 5.74) is 2.32. The summed E-state index contributed by atoms with van der Waals surface area (Å²) in [5, 5.41) is 5.69. The van der Waals surface area contributed by atoms with Gasteiger partial charge in [0.1, 0.15) is 10.6 Å². The van der Waals surface area contributed by atoms with Crippen LogP contribution >= 0.6 is 11.6 Å². The lowest BCUT2D eigenvalue weighted by Crippen LogP contribution is -2.12. The second-order valence-corrected chi connectivity index (χ2v) is 8.12. The highest BCUT2D eigenvalue weighted by Gasteiger charge is 2.11. The minimum absolute atomic E-state index is 0.128. The van der Waals surface area contributed by atoms with Crippen molar-refractivity contribution in [3.8, 4) is 23.0 Å². The molecule has 0 bridgehead atoms. The first-order valence-corrected chi connectivity index (χ1v) is 10.2. The monoisotopic (exact) mass is 426 g/mol. The zero-order chi connectivity index (χ0) is 20.6. The molecule has 0 saturated carbocycles. The Labute approximate surface area is 170 Å². The summed E-state index contributed by atoms with van der Waals surface area (Å²) >= 11 is 5.91. The van der Waals surface area contributed by atoms with E-state index in [2.05, 4.69) is 21.8 Å². The molecule has 0 amide bonds. The molecule has 144 valence electrons. The number of nitrogens with two attached hydrogens (primary N) is 1. The van der Waals surface area contributed by atoms with Gasteiger partial charge in [-0.2, -0.15) is 0 Å². The van der Waals surface area contributed by atoms with Crippen molar-refractivity contribution in [1.29, 1.82) is 0 Å². The molecule has 1 aromatic carbocycles. The maximum atomic E-state index is 14.5. The number of imidazole rings is 1. The molecule has 0 aliphatic rings. The summed E-state index contributed by atoms with van der Waals surface area (Å²) in [6.07, 6.45) is 5.71. The predicted molar refractivity (Wildman–Crippen MR) is 107 cm³/mol. The van der Waals surface area contributed by atoms with Gasteiger partial charge in [-0.1, -0.05) is 29.7 Å². The first kappa shape index (κ1) is 19.1. The third-order valence-corrected chi connectivity index (χ3v) is 5.25. The standard InChI is InChI=1S/C20H12ClFN4O2S/c21-16-4-2-14(3-5-16)15-8-19(22)20-25-10-17(26(20)12-15)6-1-13-7-18(11-24-9-13)29(23,27)28/h2-5,7-12H,(H2,23,27,28). The van der Waals surface area contributed by atoms with Gasteiger partial charge in [0.15, 0.2) is 11.5 Å². The molecule has 0 fully saturated rings. The maximum Gasteiger partial charge on any atom is 0.239 e. The second kappa shape index (κ2) is 7.29. The number of pyridine rings is 2. The van der Waals surface area contributed by atoms with Crippen molar-refractivity contribution in [2.24, 2.45) is 5.14 Å². The molecule has 4 rings (SSSR count). The van der Waals surface area contributed by atoms with Gasteiger partial charge >= 0.3 is 0 Å². The lowest BCUT2D eigenvalue weighted by Gasteiger charge is -2.05. The number of rotatable bonds is 2. The van der Waals surface area contributed by atoms with Gasteiger partial charge in [0.05, 0.1) is 6.20 Å². The predicted octanol–water partition coefficient (Wildman–Crippen LogP) is 3.24. The molecule has 4 aromatic rings. The molecular formula is C20H12ClFN4O2S. The highest BCUT2D eigenvalue weighted by Crippen LogP contribution is 2.24. The SMILES string of the molecule is NS(=O)(=O)c1cncc(C#Cc2cnc3c(F)cc(-c4ccc(Cl)cc4)cn23)c1. The molecule has 2 N–H and O–H groups in total. The lowest BCUT2D eigenvalue weighted by atomic mass is 10.1. The first-order valence-electron chi connectivity index (χ1n) is 8.24. The molecule has 0 aliphatic carbocycles. The molecule has 0 aliphatic heterocycles. The molecule has 9 heteroatoms. The smallest absolute Gasteiger partial charge is 0.239 e. The third kappa shape index (κ3) is 3.98. The third-order valence-electron chi connectivity index (χ3n) is 4.12. The van der Waals surface area contributed by atoms with Crippen LogP contribution in [0.1, 0.15) is 11.3 Å². The number of benzene rings is 1. The van der Waals surface area contributed by atoms with E-state index in [0.717, 1.165) is 11.8 Å². The molecule has 3 aromatic heterocycles. The molecule has 0 saturated heterocycles. The molecule has 0 radical (unpaired) electrons. The average Bonchev–Trinajstić information content (AvgIpc) is 3.10. The van der Waals surface area contributed by atoms with Crippen molar-refractivity contribution in [2.45, 2.75) is 4.90 Å². The highest BCUT2D eigenvalue weighted by atomic mass is 35.5. The zero-order valence-corrected chi connectivity index (χ0v) is 16.2. The Morgan fingerprint density at radius 1 is 1.03 bits per heavy atom. The van der Waals surface area contributed by atoms with Crippen LogP contribution in [-0.2, 0) is 10.0 Å². The molecule has 0 spiro atoms. The highest BCUT2D eigenvalue weighted by molar-refractivity contribution is 7.89. The van der Waals surface area contributed by atoms with Gasteiger partial charge < -0.3 is 0 Å². The second-order valence-electron chi connectivity index (χ2n) is 6.12. The number of hydrogen-bond acceptors (Lipinski definition) is 4. The van der Waals surface area contributed by atoms with Crippen molar-refractivity contribution in [3.05, 3.63) is 83.3 Å². The van der Waals surface area contributed by atoms with Crippen molar-refractivity contribution in [1.82, 2.24) is 14.4 Å².